The minimum atomic E-state index is 0.426. The molecule has 96 valence electrons. The molecule has 1 aromatic carbocycles. The van der Waals surface area contributed by atoms with E-state index in [0.29, 0.717) is 12.1 Å². The molecule has 0 radical (unpaired) electrons. The Kier molecular flexibility index (Phi) is 6.83. The third kappa shape index (κ3) is 5.22. The quantitative estimate of drug-likeness (QED) is 0.741. The lowest BCUT2D eigenvalue weighted by Crippen LogP contribution is -2.31. The topological polar surface area (TPSA) is 12.0 Å². The second-order valence-electron chi connectivity index (χ2n) is 4.72. The van der Waals surface area contributed by atoms with E-state index in [1.54, 1.807) is 0 Å². The van der Waals surface area contributed by atoms with Crippen molar-refractivity contribution >= 4 is 15.9 Å². The Bertz CT molecular complexity index is 318. The fraction of sp³-hybridized carbons (Fsp3) is 0.600. The van der Waals surface area contributed by atoms with Crippen LogP contribution in [0.5, 0.6) is 0 Å². The number of hydrogen-bond acceptors (Lipinski definition) is 1. The predicted molar refractivity (Wildman–Crippen MR) is 79.3 cm³/mol. The van der Waals surface area contributed by atoms with E-state index in [-0.39, 0.29) is 0 Å². The van der Waals surface area contributed by atoms with Crippen LogP contribution < -0.4 is 5.32 Å². The molecule has 0 aliphatic heterocycles. The van der Waals surface area contributed by atoms with Crippen molar-refractivity contribution in [2.24, 2.45) is 0 Å². The first kappa shape index (κ1) is 14.7. The van der Waals surface area contributed by atoms with Gasteiger partial charge in [-0.05, 0) is 37.5 Å². The number of nitrogens with one attached hydrogen (secondary N) is 1. The van der Waals surface area contributed by atoms with E-state index >= 15 is 0 Å². The molecule has 0 amide bonds. The Balaban J connectivity index is 2.59. The molecule has 1 aromatic rings. The van der Waals surface area contributed by atoms with E-state index < -0.39 is 0 Å². The third-order valence-corrected chi connectivity index (χ3v) is 3.60. The molecule has 0 bridgehead atoms. The van der Waals surface area contributed by atoms with Crippen molar-refractivity contribution < 1.29 is 0 Å². The lowest BCUT2D eigenvalue weighted by Gasteiger charge is -2.23. The minimum Gasteiger partial charge on any atom is -0.307 e. The van der Waals surface area contributed by atoms with E-state index in [0.717, 1.165) is 4.47 Å². The predicted octanol–water partition coefficient (Wildman–Crippen LogP) is 5.07. The summed E-state index contributed by atoms with van der Waals surface area (Å²) in [6.45, 7) is 6.77. The average Bonchev–Trinajstić information content (AvgIpc) is 2.29. The first-order valence-electron chi connectivity index (χ1n) is 6.68. The van der Waals surface area contributed by atoms with Crippen molar-refractivity contribution in [3.8, 4) is 0 Å². The molecule has 2 heteroatoms. The van der Waals surface area contributed by atoms with Gasteiger partial charge in [-0.2, -0.15) is 0 Å². The highest BCUT2D eigenvalue weighted by Crippen LogP contribution is 2.19. The van der Waals surface area contributed by atoms with Crippen LogP contribution in [0.15, 0.2) is 28.7 Å². The van der Waals surface area contributed by atoms with E-state index in [2.05, 4.69) is 66.3 Å². The highest BCUT2D eigenvalue weighted by Gasteiger charge is 2.11. The zero-order valence-electron chi connectivity index (χ0n) is 11.2. The van der Waals surface area contributed by atoms with Gasteiger partial charge in [0.05, 0.1) is 0 Å². The fourth-order valence-corrected chi connectivity index (χ4v) is 2.65. The molecule has 0 aliphatic rings. The summed E-state index contributed by atoms with van der Waals surface area (Å²) in [6.07, 6.45) is 5.05. The molecule has 1 nitrogen and oxygen atoms in total. The van der Waals surface area contributed by atoms with Crippen molar-refractivity contribution in [3.05, 3.63) is 34.3 Å². The van der Waals surface area contributed by atoms with Gasteiger partial charge in [-0.1, -0.05) is 54.8 Å². The van der Waals surface area contributed by atoms with Gasteiger partial charge in [0, 0.05) is 16.6 Å². The third-order valence-electron chi connectivity index (χ3n) is 3.11. The van der Waals surface area contributed by atoms with Gasteiger partial charge in [0.15, 0.2) is 0 Å². The molecular formula is C15H24BrN. The lowest BCUT2D eigenvalue weighted by atomic mass is 10.0. The van der Waals surface area contributed by atoms with Gasteiger partial charge in [-0.25, -0.2) is 0 Å². The molecule has 0 spiro atoms. The Hall–Kier alpha value is -0.340. The molecule has 0 unspecified atom stereocenters. The second kappa shape index (κ2) is 7.88. The van der Waals surface area contributed by atoms with Crippen LogP contribution >= 0.6 is 15.9 Å². The normalized spacial score (nSPS) is 13.0. The number of rotatable bonds is 7. The molecule has 1 N–H and O–H groups in total. The Morgan fingerprint density at radius 1 is 1.18 bits per heavy atom. The zero-order valence-corrected chi connectivity index (χ0v) is 12.8. The molecule has 1 rings (SSSR count). The zero-order chi connectivity index (χ0) is 12.7. The van der Waals surface area contributed by atoms with Crippen LogP contribution in [0.3, 0.4) is 0 Å². The average molecular weight is 298 g/mol. The first-order chi connectivity index (χ1) is 8.17. The van der Waals surface area contributed by atoms with Crippen LogP contribution in [-0.4, -0.2) is 6.04 Å². The van der Waals surface area contributed by atoms with Gasteiger partial charge in [-0.3, -0.25) is 0 Å². The summed E-state index contributed by atoms with van der Waals surface area (Å²) in [5.41, 5.74) is 1.36. The van der Waals surface area contributed by atoms with E-state index in [4.69, 9.17) is 0 Å². The van der Waals surface area contributed by atoms with E-state index in [1.807, 2.05) is 0 Å². The van der Waals surface area contributed by atoms with Gasteiger partial charge in [0.2, 0.25) is 0 Å². The number of benzene rings is 1. The molecule has 0 saturated carbocycles. The lowest BCUT2D eigenvalue weighted by molar-refractivity contribution is 0.402. The second-order valence-corrected chi connectivity index (χ2v) is 5.63. The molecule has 0 aromatic heterocycles. The highest BCUT2D eigenvalue weighted by atomic mass is 79.9. The standard InChI is InChI=1S/C15H24BrN/c1-4-7-15(8-5-2)17-12(3)13-9-6-10-14(16)11-13/h6,9-12,15,17H,4-5,7-8H2,1-3H3/t12-/m0/s1. The summed E-state index contributed by atoms with van der Waals surface area (Å²) in [5.74, 6) is 0. The summed E-state index contributed by atoms with van der Waals surface area (Å²) < 4.78 is 1.16. The van der Waals surface area contributed by atoms with Gasteiger partial charge >= 0.3 is 0 Å². The molecule has 1 atom stereocenters. The summed E-state index contributed by atoms with van der Waals surface area (Å²) in [6, 6.07) is 9.65. The van der Waals surface area contributed by atoms with Crippen LogP contribution in [0, 0.1) is 0 Å². The maximum Gasteiger partial charge on any atom is 0.0294 e. The van der Waals surface area contributed by atoms with Crippen LogP contribution in [0.1, 0.15) is 58.1 Å². The minimum absolute atomic E-state index is 0.426. The van der Waals surface area contributed by atoms with Crippen molar-refractivity contribution in [2.75, 3.05) is 0 Å². The van der Waals surface area contributed by atoms with Crippen LogP contribution in [0.4, 0.5) is 0 Å². The smallest absolute Gasteiger partial charge is 0.0294 e. The fourth-order valence-electron chi connectivity index (χ4n) is 2.23. The van der Waals surface area contributed by atoms with Crippen molar-refractivity contribution in [1.29, 1.82) is 0 Å². The SMILES string of the molecule is CCCC(CCC)N[C@@H](C)c1cccc(Br)c1. The largest absolute Gasteiger partial charge is 0.307 e. The Morgan fingerprint density at radius 3 is 2.35 bits per heavy atom. The Labute approximate surface area is 114 Å². The molecule has 0 saturated heterocycles. The van der Waals surface area contributed by atoms with Gasteiger partial charge in [0.1, 0.15) is 0 Å². The van der Waals surface area contributed by atoms with Crippen molar-refractivity contribution in [3.63, 3.8) is 0 Å². The van der Waals surface area contributed by atoms with E-state index in [9.17, 15) is 0 Å². The number of hydrogen-bond donors (Lipinski definition) is 1. The van der Waals surface area contributed by atoms with Crippen LogP contribution in [-0.2, 0) is 0 Å². The summed E-state index contributed by atoms with van der Waals surface area (Å²) in [7, 11) is 0. The van der Waals surface area contributed by atoms with Crippen molar-refractivity contribution in [2.45, 2.75) is 58.5 Å². The van der Waals surface area contributed by atoms with Gasteiger partial charge < -0.3 is 5.32 Å². The van der Waals surface area contributed by atoms with Crippen molar-refractivity contribution in [1.82, 2.24) is 5.32 Å². The molecule has 0 aliphatic carbocycles. The molecule has 17 heavy (non-hydrogen) atoms. The highest BCUT2D eigenvalue weighted by molar-refractivity contribution is 9.10. The monoisotopic (exact) mass is 297 g/mol. The first-order valence-corrected chi connectivity index (χ1v) is 7.48. The van der Waals surface area contributed by atoms with Gasteiger partial charge in [0.25, 0.3) is 0 Å². The Morgan fingerprint density at radius 2 is 1.82 bits per heavy atom. The summed E-state index contributed by atoms with van der Waals surface area (Å²) in [4.78, 5) is 0. The van der Waals surface area contributed by atoms with Crippen LogP contribution in [0.25, 0.3) is 0 Å². The van der Waals surface area contributed by atoms with Crippen LogP contribution in [0.2, 0.25) is 0 Å². The van der Waals surface area contributed by atoms with E-state index in [1.165, 1.54) is 31.2 Å². The summed E-state index contributed by atoms with van der Waals surface area (Å²) >= 11 is 3.53. The molecule has 0 heterocycles. The molecule has 0 fully saturated rings. The maximum atomic E-state index is 3.74. The maximum absolute atomic E-state index is 3.74. The molecular weight excluding hydrogens is 274 g/mol. The number of halogens is 1. The van der Waals surface area contributed by atoms with Gasteiger partial charge in [-0.15, -0.1) is 0 Å². The summed E-state index contributed by atoms with van der Waals surface area (Å²) in [5, 5.41) is 3.74.